The zero-order valence-electron chi connectivity index (χ0n) is 48.1. The van der Waals surface area contributed by atoms with Crippen molar-refractivity contribution < 1.29 is 51.0 Å². The van der Waals surface area contributed by atoms with Crippen molar-refractivity contribution in [2.75, 3.05) is 107 Å². The molecule has 0 spiro atoms. The van der Waals surface area contributed by atoms with E-state index in [0.29, 0.717) is 120 Å². The minimum atomic E-state index is -3.36. The van der Waals surface area contributed by atoms with Crippen LogP contribution in [0, 0.1) is 35.5 Å². The second-order valence-corrected chi connectivity index (χ2v) is 26.6. The van der Waals surface area contributed by atoms with Gasteiger partial charge in [0.2, 0.25) is 22.1 Å². The van der Waals surface area contributed by atoms with E-state index in [4.69, 9.17) is 42.7 Å². The topological polar surface area (TPSA) is 181 Å². The summed E-state index contributed by atoms with van der Waals surface area (Å²) in [5.41, 5.74) is 7.16. The van der Waals surface area contributed by atoms with Crippen LogP contribution in [0.25, 0.3) is 0 Å². The van der Waals surface area contributed by atoms with Gasteiger partial charge in [-0.2, -0.15) is 0 Å². The molecule has 0 amide bonds. The second kappa shape index (κ2) is 29.9. The normalized spacial score (nSPS) is 15.4. The van der Waals surface area contributed by atoms with Crippen molar-refractivity contribution >= 4 is 44.4 Å². The molecule has 0 N–H and O–H groups in total. The third-order valence-electron chi connectivity index (χ3n) is 13.0. The average Bonchev–Trinajstić information content (AvgIpc) is 3.70. The largest absolute Gasteiger partial charge is 0.497 e. The Balaban J connectivity index is 1.25. The fourth-order valence-corrected chi connectivity index (χ4v) is 12.6. The van der Waals surface area contributed by atoms with Crippen molar-refractivity contribution in [1.29, 1.82) is 0 Å². The zero-order chi connectivity index (χ0) is 58.7. The van der Waals surface area contributed by atoms with E-state index in [-0.39, 0.29) is 26.4 Å². The van der Waals surface area contributed by atoms with E-state index in [1.54, 1.807) is 83.6 Å². The number of aromatic nitrogens is 3. The van der Waals surface area contributed by atoms with Gasteiger partial charge in [0.15, 0.2) is 6.61 Å². The molecule has 82 heavy (non-hydrogen) atoms. The lowest BCUT2D eigenvalue weighted by Gasteiger charge is -2.26. The van der Waals surface area contributed by atoms with Crippen LogP contribution < -0.4 is 30.5 Å². The molecule has 7 rings (SSSR count). The van der Waals surface area contributed by atoms with E-state index < -0.39 is 28.1 Å². The summed E-state index contributed by atoms with van der Waals surface area (Å²) in [6.45, 7) is 15.4. The Morgan fingerprint density at radius 3 is 0.988 bits per heavy atom. The highest BCUT2D eigenvalue weighted by molar-refractivity contribution is 7.66. The van der Waals surface area contributed by atoms with Crippen LogP contribution in [0.1, 0.15) is 71.2 Å². The number of esters is 1. The first-order chi connectivity index (χ1) is 39.4. The molecular formula is C62H71N6O11P3. The van der Waals surface area contributed by atoms with E-state index in [2.05, 4.69) is 55.0 Å². The Morgan fingerprint density at radius 2 is 0.720 bits per heavy atom. The number of rotatable bonds is 20. The van der Waals surface area contributed by atoms with Gasteiger partial charge in [-0.1, -0.05) is 35.5 Å². The number of benzene rings is 3. The van der Waals surface area contributed by atoms with Gasteiger partial charge in [-0.15, -0.1) is 0 Å². The van der Waals surface area contributed by atoms with Gasteiger partial charge in [0, 0.05) is 112 Å². The molecule has 4 heterocycles. The Labute approximate surface area is 482 Å². The van der Waals surface area contributed by atoms with Gasteiger partial charge in [-0.05, 0) is 130 Å². The summed E-state index contributed by atoms with van der Waals surface area (Å²) >= 11 is 0. The number of hydrogen-bond acceptors (Lipinski definition) is 17. The van der Waals surface area contributed by atoms with Crippen molar-refractivity contribution in [3.63, 3.8) is 0 Å². The highest BCUT2D eigenvalue weighted by Crippen LogP contribution is 2.42. The molecule has 3 aromatic heterocycles. The SMILES string of the molecule is CCOP(C)(=O)c1cc(C#Cc2ccc(OC)cc2)cc(CN2CCN(Cc3cc(C#Cc4ccc(OC)cc4)cc(P(C)(=O)OCC)n3)CCN(Cc3cc(C#Cc4ccc(OCC(=O)OC)cc4)cc(P(C)(=O)OCC)n3)CC2)n1. The average molecular weight is 1170 g/mol. The highest BCUT2D eigenvalue weighted by atomic mass is 31.2. The predicted molar refractivity (Wildman–Crippen MR) is 321 cm³/mol. The molecule has 3 unspecified atom stereocenters. The minimum absolute atomic E-state index is 0.216. The van der Waals surface area contributed by atoms with Crippen molar-refractivity contribution in [2.24, 2.45) is 0 Å². The molecule has 20 heteroatoms. The summed E-state index contributed by atoms with van der Waals surface area (Å²) in [5, 5.41) is 0. The lowest BCUT2D eigenvalue weighted by Crippen LogP contribution is -2.36. The third kappa shape index (κ3) is 18.8. The van der Waals surface area contributed by atoms with Gasteiger partial charge >= 0.3 is 5.97 Å². The van der Waals surface area contributed by atoms with Gasteiger partial charge in [0.1, 0.15) is 33.6 Å². The molecule has 0 radical (unpaired) electrons. The van der Waals surface area contributed by atoms with E-state index in [1.807, 2.05) is 80.6 Å². The van der Waals surface area contributed by atoms with Crippen LogP contribution in [-0.2, 0) is 56.4 Å². The second-order valence-electron chi connectivity index (χ2n) is 19.3. The van der Waals surface area contributed by atoms with Crippen LogP contribution in [0.2, 0.25) is 0 Å². The fourth-order valence-electron chi connectivity index (χ4n) is 8.70. The maximum absolute atomic E-state index is 14.1. The summed E-state index contributed by atoms with van der Waals surface area (Å²) in [4.78, 5) is 33.5. The summed E-state index contributed by atoms with van der Waals surface area (Å²) in [5.74, 6) is 21.0. The van der Waals surface area contributed by atoms with Gasteiger partial charge in [-0.3, -0.25) is 28.4 Å². The predicted octanol–water partition coefficient (Wildman–Crippen LogP) is 8.17. The Kier molecular flexibility index (Phi) is 22.9. The molecule has 430 valence electrons. The molecule has 1 fully saturated rings. The number of carbonyl (C=O) groups excluding carboxylic acids is 1. The maximum atomic E-state index is 14.1. The lowest BCUT2D eigenvalue weighted by molar-refractivity contribution is -0.142. The van der Waals surface area contributed by atoms with Crippen molar-refractivity contribution in [1.82, 2.24) is 29.7 Å². The van der Waals surface area contributed by atoms with Gasteiger partial charge in [0.25, 0.3) is 0 Å². The molecule has 17 nitrogen and oxygen atoms in total. The quantitative estimate of drug-likeness (QED) is 0.0405. The lowest BCUT2D eigenvalue weighted by atomic mass is 10.1. The van der Waals surface area contributed by atoms with Gasteiger partial charge < -0.3 is 32.5 Å². The van der Waals surface area contributed by atoms with Crippen LogP contribution >= 0.6 is 22.1 Å². The molecule has 1 aliphatic rings. The monoisotopic (exact) mass is 1170 g/mol. The summed E-state index contributed by atoms with van der Waals surface area (Å²) in [6.07, 6.45) is 0. The maximum Gasteiger partial charge on any atom is 0.343 e. The molecule has 1 saturated heterocycles. The first-order valence-corrected chi connectivity index (χ1v) is 33.1. The number of methoxy groups -OCH3 is 3. The first-order valence-electron chi connectivity index (χ1n) is 26.9. The Bertz CT molecular complexity index is 3360. The Hall–Kier alpha value is -6.89. The number of ether oxygens (including phenoxy) is 4. The highest BCUT2D eigenvalue weighted by Gasteiger charge is 2.27. The van der Waals surface area contributed by atoms with Crippen LogP contribution in [0.4, 0.5) is 0 Å². The van der Waals surface area contributed by atoms with Crippen molar-refractivity contribution in [3.05, 3.63) is 160 Å². The van der Waals surface area contributed by atoms with E-state index >= 15 is 0 Å². The molecule has 0 bridgehead atoms. The van der Waals surface area contributed by atoms with Crippen LogP contribution in [-0.4, -0.2) is 143 Å². The number of hydrogen-bond donors (Lipinski definition) is 0. The van der Waals surface area contributed by atoms with Crippen LogP contribution in [0.3, 0.4) is 0 Å². The molecule has 6 aromatic rings. The molecule has 0 aliphatic carbocycles. The number of carbonyl (C=O) groups is 1. The van der Waals surface area contributed by atoms with Crippen molar-refractivity contribution in [2.45, 2.75) is 40.4 Å². The smallest absolute Gasteiger partial charge is 0.343 e. The van der Waals surface area contributed by atoms with E-state index in [9.17, 15) is 18.5 Å². The zero-order valence-corrected chi connectivity index (χ0v) is 50.8. The van der Waals surface area contributed by atoms with E-state index in [0.717, 1.165) is 22.6 Å². The molecule has 3 aromatic carbocycles. The minimum Gasteiger partial charge on any atom is -0.497 e. The van der Waals surface area contributed by atoms with Gasteiger partial charge in [-0.25, -0.2) is 19.7 Å². The van der Waals surface area contributed by atoms with E-state index in [1.165, 1.54) is 7.11 Å². The molecule has 1 aliphatic heterocycles. The summed E-state index contributed by atoms with van der Waals surface area (Å²) in [6, 6.07) is 33.0. The first kappa shape index (κ1) is 62.7. The summed E-state index contributed by atoms with van der Waals surface area (Å²) < 4.78 is 80.6. The Morgan fingerprint density at radius 1 is 0.439 bits per heavy atom. The summed E-state index contributed by atoms with van der Waals surface area (Å²) in [7, 11) is -5.49. The molecular weight excluding hydrogens is 1100 g/mol. The third-order valence-corrected chi connectivity index (χ3v) is 18.4. The molecule has 3 atom stereocenters. The number of nitrogens with zero attached hydrogens (tertiary/aromatic N) is 6. The van der Waals surface area contributed by atoms with Crippen molar-refractivity contribution in [3.8, 4) is 52.8 Å². The van der Waals surface area contributed by atoms with Crippen LogP contribution in [0.15, 0.2) is 109 Å². The molecule has 0 saturated carbocycles. The standard InChI is InChI=1S/C62H71N6O11P3/c1-10-77-80(7,70)59-40-50(16-13-47-19-25-56(73-4)26-20-47)37-53(63-59)43-66-31-32-67(44-54-38-51(41-60(64-54)81(8,71)78-11-2)17-14-48-21-27-57(74-5)28-22-48)34-36-68(35-33-66)45-55-39-52(42-61(65-55)82(9,72)79-12-3)18-15-49-23-29-58(30-24-49)76-46-62(69)75-6/h19-30,37-42H,10-12,31-36,43-46H2,1-9H3. The van der Waals surface area contributed by atoms with Gasteiger partial charge in [0.05, 0.1) is 58.2 Å². The number of pyridine rings is 3. The van der Waals surface area contributed by atoms with Crippen LogP contribution in [0.5, 0.6) is 17.2 Å². The fraction of sp³-hybridized carbons (Fsp3) is 0.355.